The van der Waals surface area contributed by atoms with Crippen molar-refractivity contribution in [2.24, 2.45) is 0 Å². The number of hydrogen-bond donors (Lipinski definition) is 1. The summed E-state index contributed by atoms with van der Waals surface area (Å²) in [7, 11) is -3.68. The second-order valence-corrected chi connectivity index (χ2v) is 8.00. The van der Waals surface area contributed by atoms with Crippen molar-refractivity contribution in [1.29, 1.82) is 0 Å². The Kier molecular flexibility index (Phi) is 5.61. The second kappa shape index (κ2) is 7.31. The molecule has 132 valence electrons. The van der Waals surface area contributed by atoms with E-state index >= 15 is 0 Å². The molecular weight excluding hydrogens is 330 g/mol. The molecule has 24 heavy (non-hydrogen) atoms. The topological polar surface area (TPSA) is 86.8 Å². The molecule has 0 radical (unpaired) electrons. The Morgan fingerprint density at radius 2 is 1.75 bits per heavy atom. The number of hydrogen-bond acceptors (Lipinski definition) is 4. The fourth-order valence-electron chi connectivity index (χ4n) is 2.54. The van der Waals surface area contributed by atoms with Gasteiger partial charge in [0.1, 0.15) is 0 Å². The molecule has 7 nitrogen and oxygen atoms in total. The first kappa shape index (κ1) is 18.4. The van der Waals surface area contributed by atoms with Crippen LogP contribution in [-0.2, 0) is 14.8 Å². The van der Waals surface area contributed by atoms with E-state index in [1.165, 1.54) is 23.4 Å². The Balaban J connectivity index is 2.18. The predicted molar refractivity (Wildman–Crippen MR) is 90.1 cm³/mol. The van der Waals surface area contributed by atoms with Gasteiger partial charge in [-0.05, 0) is 32.0 Å². The molecule has 0 spiro atoms. The van der Waals surface area contributed by atoms with Crippen molar-refractivity contribution in [3.8, 4) is 0 Å². The maximum atomic E-state index is 12.8. The van der Waals surface area contributed by atoms with Crippen LogP contribution in [0.1, 0.15) is 31.1 Å². The minimum absolute atomic E-state index is 0.0302. The van der Waals surface area contributed by atoms with E-state index in [2.05, 4.69) is 5.32 Å². The first-order valence-corrected chi connectivity index (χ1v) is 9.32. The normalized spacial score (nSPS) is 16.2. The molecule has 1 saturated heterocycles. The van der Waals surface area contributed by atoms with Crippen molar-refractivity contribution in [1.82, 2.24) is 14.5 Å². The zero-order valence-corrected chi connectivity index (χ0v) is 15.0. The summed E-state index contributed by atoms with van der Waals surface area (Å²) in [4.78, 5) is 25.1. The Labute approximate surface area is 142 Å². The largest absolute Gasteiger partial charge is 0.350 e. The highest BCUT2D eigenvalue weighted by Crippen LogP contribution is 2.19. The van der Waals surface area contributed by atoms with E-state index in [0.29, 0.717) is 18.7 Å². The SMILES string of the molecule is CC(=O)N1CCN(S(=O)(=O)c2cccc(C(=O)NC(C)C)c2)CC1. The van der Waals surface area contributed by atoms with Gasteiger partial charge in [0.05, 0.1) is 4.90 Å². The molecule has 0 saturated carbocycles. The summed E-state index contributed by atoms with van der Waals surface area (Å²) < 4.78 is 26.9. The van der Waals surface area contributed by atoms with Gasteiger partial charge in [-0.3, -0.25) is 9.59 Å². The van der Waals surface area contributed by atoms with Gasteiger partial charge in [-0.15, -0.1) is 0 Å². The van der Waals surface area contributed by atoms with E-state index in [4.69, 9.17) is 0 Å². The number of benzene rings is 1. The number of nitrogens with one attached hydrogen (secondary N) is 1. The first-order valence-electron chi connectivity index (χ1n) is 7.88. The van der Waals surface area contributed by atoms with Gasteiger partial charge < -0.3 is 10.2 Å². The van der Waals surface area contributed by atoms with Crippen LogP contribution in [0.2, 0.25) is 0 Å². The van der Waals surface area contributed by atoms with Gasteiger partial charge in [-0.25, -0.2) is 8.42 Å². The number of amides is 2. The summed E-state index contributed by atoms with van der Waals surface area (Å²) in [6.45, 7) is 6.42. The summed E-state index contributed by atoms with van der Waals surface area (Å²) in [6.07, 6.45) is 0. The molecule has 1 aromatic rings. The van der Waals surface area contributed by atoms with Crippen LogP contribution >= 0.6 is 0 Å². The van der Waals surface area contributed by atoms with Crippen molar-refractivity contribution < 1.29 is 18.0 Å². The van der Waals surface area contributed by atoms with Crippen LogP contribution in [0, 0.1) is 0 Å². The fourth-order valence-corrected chi connectivity index (χ4v) is 4.00. The standard InChI is InChI=1S/C16H23N3O4S/c1-12(2)17-16(21)14-5-4-6-15(11-14)24(22,23)19-9-7-18(8-10-19)13(3)20/h4-6,11-12H,7-10H2,1-3H3,(H,17,21). The van der Waals surface area contributed by atoms with Crippen LogP contribution in [-0.4, -0.2) is 61.7 Å². The molecule has 2 rings (SSSR count). The zero-order valence-electron chi connectivity index (χ0n) is 14.2. The van der Waals surface area contributed by atoms with Crippen molar-refractivity contribution >= 4 is 21.8 Å². The van der Waals surface area contributed by atoms with Crippen LogP contribution in [0.15, 0.2) is 29.2 Å². The van der Waals surface area contributed by atoms with Gasteiger partial charge in [0.25, 0.3) is 5.91 Å². The van der Waals surface area contributed by atoms with Crippen LogP contribution in [0.25, 0.3) is 0 Å². The zero-order chi connectivity index (χ0) is 17.9. The molecule has 1 N–H and O–H groups in total. The van der Waals surface area contributed by atoms with E-state index in [1.807, 2.05) is 13.8 Å². The van der Waals surface area contributed by atoms with Crippen LogP contribution < -0.4 is 5.32 Å². The minimum Gasteiger partial charge on any atom is -0.350 e. The molecule has 1 aliphatic rings. The lowest BCUT2D eigenvalue weighted by molar-refractivity contribution is -0.129. The van der Waals surface area contributed by atoms with Gasteiger partial charge in [-0.1, -0.05) is 6.07 Å². The van der Waals surface area contributed by atoms with Crippen molar-refractivity contribution in [3.63, 3.8) is 0 Å². The van der Waals surface area contributed by atoms with Crippen molar-refractivity contribution in [3.05, 3.63) is 29.8 Å². The number of sulfonamides is 1. The number of carbonyl (C=O) groups excluding carboxylic acids is 2. The van der Waals surface area contributed by atoms with E-state index in [-0.39, 0.29) is 35.8 Å². The lowest BCUT2D eigenvalue weighted by Gasteiger charge is -2.33. The average molecular weight is 353 g/mol. The van der Waals surface area contributed by atoms with Gasteiger partial charge in [0.2, 0.25) is 15.9 Å². The Morgan fingerprint density at radius 3 is 2.29 bits per heavy atom. The third-order valence-electron chi connectivity index (χ3n) is 3.84. The minimum atomic E-state index is -3.68. The molecule has 0 aromatic heterocycles. The Hall–Kier alpha value is -1.93. The number of rotatable bonds is 4. The van der Waals surface area contributed by atoms with Gasteiger partial charge in [-0.2, -0.15) is 4.31 Å². The highest BCUT2D eigenvalue weighted by Gasteiger charge is 2.29. The van der Waals surface area contributed by atoms with Crippen molar-refractivity contribution in [2.45, 2.75) is 31.7 Å². The third kappa shape index (κ3) is 4.12. The molecule has 0 atom stereocenters. The van der Waals surface area contributed by atoms with Gasteiger partial charge >= 0.3 is 0 Å². The Bertz CT molecular complexity index is 723. The molecule has 8 heteroatoms. The van der Waals surface area contributed by atoms with E-state index in [1.54, 1.807) is 17.0 Å². The number of piperazine rings is 1. The molecule has 2 amide bonds. The van der Waals surface area contributed by atoms with E-state index < -0.39 is 10.0 Å². The molecule has 0 aliphatic carbocycles. The smallest absolute Gasteiger partial charge is 0.251 e. The summed E-state index contributed by atoms with van der Waals surface area (Å²) in [5.74, 6) is -0.358. The fraction of sp³-hybridized carbons (Fsp3) is 0.500. The second-order valence-electron chi connectivity index (χ2n) is 6.07. The first-order chi connectivity index (χ1) is 11.2. The molecule has 1 fully saturated rings. The molecule has 1 heterocycles. The lowest BCUT2D eigenvalue weighted by atomic mass is 10.2. The summed E-state index contributed by atoms with van der Waals surface area (Å²) in [5.41, 5.74) is 0.312. The van der Waals surface area contributed by atoms with E-state index in [9.17, 15) is 18.0 Å². The van der Waals surface area contributed by atoms with Gasteiger partial charge in [0.15, 0.2) is 0 Å². The third-order valence-corrected chi connectivity index (χ3v) is 5.73. The lowest BCUT2D eigenvalue weighted by Crippen LogP contribution is -2.49. The van der Waals surface area contributed by atoms with Gasteiger partial charge in [0, 0.05) is 44.7 Å². The quantitative estimate of drug-likeness (QED) is 0.862. The Morgan fingerprint density at radius 1 is 1.12 bits per heavy atom. The van der Waals surface area contributed by atoms with Crippen LogP contribution in [0.3, 0.4) is 0 Å². The number of carbonyl (C=O) groups is 2. The molecule has 0 unspecified atom stereocenters. The summed E-state index contributed by atoms with van der Waals surface area (Å²) in [6, 6.07) is 6.00. The van der Waals surface area contributed by atoms with Crippen LogP contribution in [0.5, 0.6) is 0 Å². The van der Waals surface area contributed by atoms with Crippen LogP contribution in [0.4, 0.5) is 0 Å². The molecule has 1 aliphatic heterocycles. The highest BCUT2D eigenvalue weighted by molar-refractivity contribution is 7.89. The monoisotopic (exact) mass is 353 g/mol. The maximum Gasteiger partial charge on any atom is 0.251 e. The average Bonchev–Trinajstić information content (AvgIpc) is 2.54. The highest BCUT2D eigenvalue weighted by atomic mass is 32.2. The molecule has 1 aromatic carbocycles. The maximum absolute atomic E-state index is 12.8. The summed E-state index contributed by atoms with van der Waals surface area (Å²) >= 11 is 0. The molecule has 0 bridgehead atoms. The van der Waals surface area contributed by atoms with E-state index in [0.717, 1.165) is 0 Å². The summed E-state index contributed by atoms with van der Waals surface area (Å²) in [5, 5.41) is 2.74. The predicted octanol–water partition coefficient (Wildman–Crippen LogP) is 0.678. The molecular formula is C16H23N3O4S. The van der Waals surface area contributed by atoms with Crippen molar-refractivity contribution in [2.75, 3.05) is 26.2 Å². The number of nitrogens with zero attached hydrogens (tertiary/aromatic N) is 2.